The van der Waals surface area contributed by atoms with Crippen molar-refractivity contribution in [1.29, 1.82) is 0 Å². The minimum absolute atomic E-state index is 0.0634. The molecular formula is C15H16BrN3O2. The van der Waals surface area contributed by atoms with Crippen molar-refractivity contribution < 1.29 is 4.74 Å². The third kappa shape index (κ3) is 2.87. The van der Waals surface area contributed by atoms with Crippen LogP contribution in [0, 0.1) is 0 Å². The van der Waals surface area contributed by atoms with Gasteiger partial charge in [-0.05, 0) is 46.6 Å². The molecule has 2 heterocycles. The molecule has 0 saturated heterocycles. The van der Waals surface area contributed by atoms with Crippen molar-refractivity contribution in [3.05, 3.63) is 56.2 Å². The monoisotopic (exact) mass is 349 g/mol. The molecule has 0 amide bonds. The molecule has 1 N–H and O–H groups in total. The Bertz CT molecular complexity index is 727. The summed E-state index contributed by atoms with van der Waals surface area (Å²) in [6, 6.07) is 5.81. The molecule has 1 aliphatic heterocycles. The molecule has 0 atom stereocenters. The molecule has 0 radical (unpaired) electrons. The topological polar surface area (TPSA) is 56.2 Å². The molecule has 5 nitrogen and oxygen atoms in total. The van der Waals surface area contributed by atoms with E-state index in [9.17, 15) is 4.79 Å². The summed E-state index contributed by atoms with van der Waals surface area (Å²) in [7, 11) is 1.63. The maximum Gasteiger partial charge on any atom is 0.257 e. The zero-order valence-corrected chi connectivity index (χ0v) is 13.3. The zero-order chi connectivity index (χ0) is 14.8. The summed E-state index contributed by atoms with van der Waals surface area (Å²) in [5.74, 6) is 0.778. The number of fused-ring (bicyclic) bond motifs is 1. The lowest BCUT2D eigenvalue weighted by Gasteiger charge is -2.17. The van der Waals surface area contributed by atoms with E-state index in [1.165, 1.54) is 0 Å². The summed E-state index contributed by atoms with van der Waals surface area (Å²) in [4.78, 5) is 16.9. The molecule has 1 aliphatic rings. The molecule has 3 rings (SSSR count). The fourth-order valence-corrected chi connectivity index (χ4v) is 3.10. The van der Waals surface area contributed by atoms with Gasteiger partial charge in [0.1, 0.15) is 5.75 Å². The number of hydrogen-bond acceptors (Lipinski definition) is 4. The standard InChI is InChI=1S/C15H16BrN3O2/c1-21-14-3-2-10(6-12(14)16)8-19-9-18-13-7-17-5-4-11(13)15(19)20/h2-3,6,9,17H,4-5,7-8H2,1H3. The van der Waals surface area contributed by atoms with Crippen molar-refractivity contribution >= 4 is 15.9 Å². The zero-order valence-electron chi connectivity index (χ0n) is 11.7. The highest BCUT2D eigenvalue weighted by atomic mass is 79.9. The number of hydrogen-bond donors (Lipinski definition) is 1. The Balaban J connectivity index is 1.92. The first-order valence-electron chi connectivity index (χ1n) is 6.79. The van der Waals surface area contributed by atoms with Crippen LogP contribution in [0.15, 0.2) is 33.8 Å². The van der Waals surface area contributed by atoms with Crippen LogP contribution < -0.4 is 15.6 Å². The summed E-state index contributed by atoms with van der Waals surface area (Å²) in [6.07, 6.45) is 2.38. The van der Waals surface area contributed by atoms with E-state index in [-0.39, 0.29) is 5.56 Å². The van der Waals surface area contributed by atoms with Crippen molar-refractivity contribution in [3.63, 3.8) is 0 Å². The van der Waals surface area contributed by atoms with Crippen LogP contribution >= 0.6 is 15.9 Å². The van der Waals surface area contributed by atoms with Gasteiger partial charge in [-0.1, -0.05) is 6.07 Å². The SMILES string of the molecule is COc1ccc(Cn2cnc3c(c2=O)CCNC3)cc1Br. The van der Waals surface area contributed by atoms with Crippen LogP contribution in [0.5, 0.6) is 5.75 Å². The van der Waals surface area contributed by atoms with E-state index in [4.69, 9.17) is 4.74 Å². The molecule has 0 spiro atoms. The largest absolute Gasteiger partial charge is 0.496 e. The quantitative estimate of drug-likeness (QED) is 0.916. The number of benzene rings is 1. The van der Waals surface area contributed by atoms with Gasteiger partial charge in [0.15, 0.2) is 0 Å². The van der Waals surface area contributed by atoms with E-state index in [1.807, 2.05) is 18.2 Å². The fourth-order valence-electron chi connectivity index (χ4n) is 2.51. The number of halogens is 1. The maximum atomic E-state index is 12.5. The van der Waals surface area contributed by atoms with Crippen LogP contribution in [-0.2, 0) is 19.5 Å². The molecule has 1 aromatic carbocycles. The Labute approximate surface area is 131 Å². The molecule has 110 valence electrons. The maximum absolute atomic E-state index is 12.5. The number of aromatic nitrogens is 2. The molecule has 1 aromatic heterocycles. The van der Waals surface area contributed by atoms with Crippen molar-refractivity contribution in [3.8, 4) is 5.75 Å². The van der Waals surface area contributed by atoms with Crippen LogP contribution in [0.1, 0.15) is 16.8 Å². The Morgan fingerprint density at radius 3 is 3.10 bits per heavy atom. The molecule has 0 saturated carbocycles. The Morgan fingerprint density at radius 1 is 1.48 bits per heavy atom. The Kier molecular flexibility index (Phi) is 4.07. The molecule has 0 bridgehead atoms. The highest BCUT2D eigenvalue weighted by Gasteiger charge is 2.15. The van der Waals surface area contributed by atoms with Crippen LogP contribution in [0.4, 0.5) is 0 Å². The molecule has 2 aromatic rings. The van der Waals surface area contributed by atoms with E-state index < -0.39 is 0 Å². The second-order valence-electron chi connectivity index (χ2n) is 5.00. The lowest BCUT2D eigenvalue weighted by Crippen LogP contribution is -2.34. The average Bonchev–Trinajstić information content (AvgIpc) is 2.51. The van der Waals surface area contributed by atoms with Gasteiger partial charge in [-0.2, -0.15) is 0 Å². The fraction of sp³-hybridized carbons (Fsp3) is 0.333. The number of methoxy groups -OCH3 is 1. The van der Waals surface area contributed by atoms with Crippen LogP contribution in [0.25, 0.3) is 0 Å². The smallest absolute Gasteiger partial charge is 0.257 e. The van der Waals surface area contributed by atoms with Crippen molar-refractivity contribution in [2.45, 2.75) is 19.5 Å². The lowest BCUT2D eigenvalue weighted by atomic mass is 10.1. The van der Waals surface area contributed by atoms with Crippen LogP contribution in [0.2, 0.25) is 0 Å². The highest BCUT2D eigenvalue weighted by molar-refractivity contribution is 9.10. The molecule has 21 heavy (non-hydrogen) atoms. The normalized spacial score (nSPS) is 13.8. The highest BCUT2D eigenvalue weighted by Crippen LogP contribution is 2.25. The van der Waals surface area contributed by atoms with E-state index in [0.29, 0.717) is 13.1 Å². The minimum atomic E-state index is 0.0634. The van der Waals surface area contributed by atoms with Crippen molar-refractivity contribution in [1.82, 2.24) is 14.9 Å². The third-order valence-electron chi connectivity index (χ3n) is 3.63. The van der Waals surface area contributed by atoms with Gasteiger partial charge in [0.05, 0.1) is 30.1 Å². The summed E-state index contributed by atoms with van der Waals surface area (Å²) < 4.78 is 7.76. The predicted molar refractivity (Wildman–Crippen MR) is 83.7 cm³/mol. The predicted octanol–water partition coefficient (Wildman–Crippen LogP) is 1.71. The van der Waals surface area contributed by atoms with Crippen molar-refractivity contribution in [2.75, 3.05) is 13.7 Å². The molecule has 0 fully saturated rings. The number of nitrogens with zero attached hydrogens (tertiary/aromatic N) is 2. The van der Waals surface area contributed by atoms with Gasteiger partial charge in [0, 0.05) is 12.1 Å². The van der Waals surface area contributed by atoms with Crippen LogP contribution in [-0.4, -0.2) is 23.2 Å². The number of nitrogens with one attached hydrogen (secondary N) is 1. The second-order valence-corrected chi connectivity index (χ2v) is 5.85. The van der Waals surface area contributed by atoms with E-state index >= 15 is 0 Å². The van der Waals surface area contributed by atoms with E-state index in [0.717, 1.165) is 40.0 Å². The second kappa shape index (κ2) is 5.99. The lowest BCUT2D eigenvalue weighted by molar-refractivity contribution is 0.412. The van der Waals surface area contributed by atoms with Gasteiger partial charge >= 0.3 is 0 Å². The summed E-state index contributed by atoms with van der Waals surface area (Å²) >= 11 is 3.46. The van der Waals surface area contributed by atoms with E-state index in [1.54, 1.807) is 18.0 Å². The summed E-state index contributed by atoms with van der Waals surface area (Å²) in [5.41, 5.74) is 2.80. The average molecular weight is 350 g/mol. The Morgan fingerprint density at radius 2 is 2.33 bits per heavy atom. The van der Waals surface area contributed by atoms with Crippen LogP contribution in [0.3, 0.4) is 0 Å². The first-order chi connectivity index (χ1) is 10.2. The molecule has 0 unspecified atom stereocenters. The summed E-state index contributed by atoms with van der Waals surface area (Å²) in [6.45, 7) is 2.02. The number of ether oxygens (including phenoxy) is 1. The molecule has 0 aliphatic carbocycles. The van der Waals surface area contributed by atoms with Crippen molar-refractivity contribution in [2.24, 2.45) is 0 Å². The van der Waals surface area contributed by atoms with Gasteiger partial charge in [-0.3, -0.25) is 9.36 Å². The summed E-state index contributed by atoms with van der Waals surface area (Å²) in [5, 5.41) is 3.23. The minimum Gasteiger partial charge on any atom is -0.496 e. The van der Waals surface area contributed by atoms with Gasteiger partial charge in [0.2, 0.25) is 0 Å². The molecule has 6 heteroatoms. The van der Waals surface area contributed by atoms with Gasteiger partial charge in [-0.25, -0.2) is 4.98 Å². The molecular weight excluding hydrogens is 334 g/mol. The van der Waals surface area contributed by atoms with E-state index in [2.05, 4.69) is 26.2 Å². The first-order valence-corrected chi connectivity index (χ1v) is 7.58. The third-order valence-corrected chi connectivity index (χ3v) is 4.25. The first kappa shape index (κ1) is 14.3. The van der Waals surface area contributed by atoms with Gasteiger partial charge in [-0.15, -0.1) is 0 Å². The van der Waals surface area contributed by atoms with Gasteiger partial charge < -0.3 is 10.1 Å². The number of rotatable bonds is 3. The Hall–Kier alpha value is -1.66. The van der Waals surface area contributed by atoms with Gasteiger partial charge in [0.25, 0.3) is 5.56 Å².